The molecule has 0 aliphatic carbocycles. The second-order valence-electron chi connectivity index (χ2n) is 7.58. The second kappa shape index (κ2) is 6.04. The zero-order chi connectivity index (χ0) is 17.6. The molecule has 0 spiro atoms. The minimum Gasteiger partial charge on any atom is -0.508 e. The Balaban J connectivity index is 1.79. The minimum atomic E-state index is -0.245. The topological polar surface area (TPSA) is 65.5 Å². The van der Waals surface area contributed by atoms with Crippen LogP contribution < -0.4 is 0 Å². The molecule has 2 saturated heterocycles. The van der Waals surface area contributed by atoms with Crippen LogP contribution in [-0.4, -0.2) is 35.6 Å². The van der Waals surface area contributed by atoms with Crippen LogP contribution in [0.15, 0.2) is 36.4 Å². The number of epoxide rings is 2. The number of aromatic hydroxyl groups is 2. The van der Waals surface area contributed by atoms with Crippen LogP contribution in [0.5, 0.6) is 11.5 Å². The molecule has 0 radical (unpaired) electrons. The molecule has 2 atom stereocenters. The summed E-state index contributed by atoms with van der Waals surface area (Å²) in [4.78, 5) is 0. The standard InChI is InChI=1S/C21H24O4/c1-21(2,13-3-5-14(22)6-4-13)19-7-8-20(23)18(10-16-12-25-16)17(19)9-15-11-24-15/h3-8,15-16,22-23H,9-12H2,1-2H3. The molecule has 2 fully saturated rings. The number of phenolic OH excluding ortho intramolecular Hbond substituents is 2. The Kier molecular flexibility index (Phi) is 3.97. The average Bonchev–Trinajstić information content (AvgIpc) is 3.47. The molecule has 4 heteroatoms. The molecule has 2 N–H and O–H groups in total. The van der Waals surface area contributed by atoms with Crippen LogP contribution in [-0.2, 0) is 27.7 Å². The molecule has 2 aromatic rings. The third kappa shape index (κ3) is 3.37. The van der Waals surface area contributed by atoms with E-state index in [4.69, 9.17) is 9.47 Å². The maximum Gasteiger partial charge on any atom is 0.119 e. The van der Waals surface area contributed by atoms with Crippen molar-refractivity contribution in [2.45, 2.75) is 44.3 Å². The van der Waals surface area contributed by atoms with Crippen molar-refractivity contribution in [1.82, 2.24) is 0 Å². The summed E-state index contributed by atoms with van der Waals surface area (Å²) in [5.74, 6) is 0.611. The largest absolute Gasteiger partial charge is 0.508 e. The highest BCUT2D eigenvalue weighted by Crippen LogP contribution is 2.40. The van der Waals surface area contributed by atoms with Crippen molar-refractivity contribution in [2.75, 3.05) is 13.2 Å². The van der Waals surface area contributed by atoms with Gasteiger partial charge in [0.25, 0.3) is 0 Å². The lowest BCUT2D eigenvalue weighted by Crippen LogP contribution is -2.23. The van der Waals surface area contributed by atoms with Crippen molar-refractivity contribution in [3.8, 4) is 11.5 Å². The number of hydrogen-bond acceptors (Lipinski definition) is 4. The number of ether oxygens (including phenoxy) is 2. The normalized spacial score (nSPS) is 22.0. The Hall–Kier alpha value is -2.04. The first-order valence-electron chi connectivity index (χ1n) is 8.82. The molecule has 0 saturated carbocycles. The quantitative estimate of drug-likeness (QED) is 0.792. The Morgan fingerprint density at radius 2 is 1.44 bits per heavy atom. The van der Waals surface area contributed by atoms with E-state index >= 15 is 0 Å². The van der Waals surface area contributed by atoms with E-state index in [-0.39, 0.29) is 23.4 Å². The van der Waals surface area contributed by atoms with Crippen molar-refractivity contribution in [3.63, 3.8) is 0 Å². The lowest BCUT2D eigenvalue weighted by Gasteiger charge is -2.30. The molecule has 2 aliphatic rings. The molecule has 4 nitrogen and oxygen atoms in total. The maximum atomic E-state index is 10.5. The molecule has 25 heavy (non-hydrogen) atoms. The van der Waals surface area contributed by atoms with Gasteiger partial charge in [-0.25, -0.2) is 0 Å². The van der Waals surface area contributed by atoms with Gasteiger partial charge in [0.2, 0.25) is 0 Å². The lowest BCUT2D eigenvalue weighted by molar-refractivity contribution is 0.395. The molecular weight excluding hydrogens is 316 g/mol. The molecule has 2 heterocycles. The zero-order valence-corrected chi connectivity index (χ0v) is 14.7. The maximum absolute atomic E-state index is 10.5. The Labute approximate surface area is 148 Å². The van der Waals surface area contributed by atoms with Gasteiger partial charge in [0.15, 0.2) is 0 Å². The predicted molar refractivity (Wildman–Crippen MR) is 95.2 cm³/mol. The van der Waals surface area contributed by atoms with Crippen molar-refractivity contribution in [3.05, 3.63) is 58.7 Å². The third-order valence-corrected chi connectivity index (χ3v) is 5.34. The van der Waals surface area contributed by atoms with Crippen LogP contribution in [0.25, 0.3) is 0 Å². The molecule has 0 bridgehead atoms. The van der Waals surface area contributed by atoms with Crippen molar-refractivity contribution >= 4 is 0 Å². The van der Waals surface area contributed by atoms with E-state index in [1.807, 2.05) is 18.2 Å². The monoisotopic (exact) mass is 340 g/mol. The average molecular weight is 340 g/mol. The number of rotatable bonds is 6. The fraction of sp³-hybridized carbons (Fsp3) is 0.429. The summed E-state index contributed by atoms with van der Waals surface area (Å²) in [5, 5.41) is 20.1. The van der Waals surface area contributed by atoms with Gasteiger partial charge in [0.05, 0.1) is 25.4 Å². The van der Waals surface area contributed by atoms with Gasteiger partial charge in [-0.05, 0) is 34.9 Å². The molecule has 0 amide bonds. The van der Waals surface area contributed by atoms with Gasteiger partial charge in [-0.15, -0.1) is 0 Å². The first-order chi connectivity index (χ1) is 11.9. The summed E-state index contributed by atoms with van der Waals surface area (Å²) in [6.45, 7) is 5.92. The summed E-state index contributed by atoms with van der Waals surface area (Å²) in [7, 11) is 0. The summed E-state index contributed by atoms with van der Waals surface area (Å²) in [6, 6.07) is 11.2. The Bertz CT molecular complexity index is 771. The smallest absolute Gasteiger partial charge is 0.119 e. The van der Waals surface area contributed by atoms with E-state index in [1.165, 1.54) is 11.1 Å². The van der Waals surface area contributed by atoms with E-state index in [0.717, 1.165) is 37.2 Å². The minimum absolute atomic E-state index is 0.219. The first kappa shape index (κ1) is 16.4. The van der Waals surface area contributed by atoms with Gasteiger partial charge in [0.1, 0.15) is 11.5 Å². The van der Waals surface area contributed by atoms with Crippen molar-refractivity contribution in [1.29, 1.82) is 0 Å². The van der Waals surface area contributed by atoms with Crippen LogP contribution in [0.1, 0.15) is 36.1 Å². The Morgan fingerprint density at radius 1 is 0.880 bits per heavy atom. The van der Waals surface area contributed by atoms with Crippen molar-refractivity contribution in [2.24, 2.45) is 0 Å². The fourth-order valence-corrected chi connectivity index (χ4v) is 3.59. The lowest BCUT2D eigenvalue weighted by atomic mass is 9.74. The molecular formula is C21H24O4. The Morgan fingerprint density at radius 3 is 2.00 bits per heavy atom. The molecule has 132 valence electrons. The summed E-state index contributed by atoms with van der Waals surface area (Å²) >= 11 is 0. The highest BCUT2D eigenvalue weighted by Gasteiger charge is 2.34. The van der Waals surface area contributed by atoms with E-state index in [9.17, 15) is 10.2 Å². The highest BCUT2D eigenvalue weighted by molar-refractivity contribution is 5.52. The molecule has 2 unspecified atom stereocenters. The SMILES string of the molecule is CC(C)(c1ccc(O)cc1)c1ccc(O)c(CC2CO2)c1CC1CO1. The summed E-state index contributed by atoms with van der Waals surface area (Å²) in [5.41, 5.74) is 4.24. The van der Waals surface area contributed by atoms with E-state index in [2.05, 4.69) is 13.8 Å². The third-order valence-electron chi connectivity index (χ3n) is 5.34. The molecule has 0 aromatic heterocycles. The van der Waals surface area contributed by atoms with Crippen LogP contribution in [0.2, 0.25) is 0 Å². The number of hydrogen-bond donors (Lipinski definition) is 2. The highest BCUT2D eigenvalue weighted by atomic mass is 16.6. The number of benzene rings is 2. The van der Waals surface area contributed by atoms with Gasteiger partial charge in [-0.1, -0.05) is 32.0 Å². The van der Waals surface area contributed by atoms with Gasteiger partial charge >= 0.3 is 0 Å². The summed E-state index contributed by atoms with van der Waals surface area (Å²) < 4.78 is 10.9. The summed E-state index contributed by atoms with van der Waals surface area (Å²) in [6.07, 6.45) is 2.02. The van der Waals surface area contributed by atoms with Gasteiger partial charge in [-0.2, -0.15) is 0 Å². The fourth-order valence-electron chi connectivity index (χ4n) is 3.59. The molecule has 2 aliphatic heterocycles. The number of phenols is 2. The van der Waals surface area contributed by atoms with Crippen LogP contribution in [0.4, 0.5) is 0 Å². The second-order valence-corrected chi connectivity index (χ2v) is 7.58. The zero-order valence-electron chi connectivity index (χ0n) is 14.7. The van der Waals surface area contributed by atoms with Gasteiger partial charge < -0.3 is 19.7 Å². The predicted octanol–water partition coefficient (Wildman–Crippen LogP) is 3.31. The van der Waals surface area contributed by atoms with E-state index < -0.39 is 0 Å². The molecule has 4 rings (SSSR count). The first-order valence-corrected chi connectivity index (χ1v) is 8.82. The van der Waals surface area contributed by atoms with Gasteiger partial charge in [0, 0.05) is 23.8 Å². The van der Waals surface area contributed by atoms with E-state index in [1.54, 1.807) is 18.2 Å². The van der Waals surface area contributed by atoms with Crippen LogP contribution >= 0.6 is 0 Å². The van der Waals surface area contributed by atoms with Crippen LogP contribution in [0, 0.1) is 0 Å². The van der Waals surface area contributed by atoms with Gasteiger partial charge in [-0.3, -0.25) is 0 Å². The van der Waals surface area contributed by atoms with Crippen LogP contribution in [0.3, 0.4) is 0 Å². The van der Waals surface area contributed by atoms with Crippen molar-refractivity contribution < 1.29 is 19.7 Å². The van der Waals surface area contributed by atoms with E-state index in [0.29, 0.717) is 5.75 Å². The molecule has 2 aromatic carbocycles.